The maximum Gasteiger partial charge on any atom is 0.223 e. The van der Waals surface area contributed by atoms with Gasteiger partial charge in [0.2, 0.25) is 14.7 Å². The molecule has 1 aromatic heterocycles. The van der Waals surface area contributed by atoms with Crippen molar-refractivity contribution in [3.8, 4) is 11.5 Å². The van der Waals surface area contributed by atoms with Crippen molar-refractivity contribution >= 4 is 14.4 Å². The van der Waals surface area contributed by atoms with Gasteiger partial charge in [-0.2, -0.15) is 0 Å². The molecule has 0 N–H and O–H groups in total. The van der Waals surface area contributed by atoms with Crippen LogP contribution >= 0.6 is 8.53 Å². The van der Waals surface area contributed by atoms with E-state index in [0.29, 0.717) is 17.4 Å². The summed E-state index contributed by atoms with van der Waals surface area (Å²) in [5.74, 6) is 1.81. The van der Waals surface area contributed by atoms with Crippen LogP contribution < -0.4 is 13.7 Å². The minimum atomic E-state index is -1.42. The molecule has 1 aliphatic rings. The second-order valence-electron chi connectivity index (χ2n) is 5.53. The van der Waals surface area contributed by atoms with Crippen molar-refractivity contribution in [1.82, 2.24) is 5.27 Å². The van der Waals surface area contributed by atoms with E-state index < -0.39 is 8.53 Å². The summed E-state index contributed by atoms with van der Waals surface area (Å²) in [6, 6.07) is 17.9. The van der Waals surface area contributed by atoms with Gasteiger partial charge in [-0.25, -0.2) is 0 Å². The molecule has 0 saturated carbocycles. The lowest BCUT2D eigenvalue weighted by atomic mass is 10.1. The summed E-state index contributed by atoms with van der Waals surface area (Å²) < 4.78 is 18.4. The van der Waals surface area contributed by atoms with Gasteiger partial charge < -0.3 is 18.7 Å². The molecule has 0 aliphatic carbocycles. The summed E-state index contributed by atoms with van der Waals surface area (Å²) in [6.07, 6.45) is 2.64. The van der Waals surface area contributed by atoms with E-state index in [1.54, 1.807) is 10.9 Å². The number of aromatic nitrogens is 2. The molecule has 122 valence electrons. The highest BCUT2D eigenvalue weighted by molar-refractivity contribution is 7.52. The van der Waals surface area contributed by atoms with Crippen molar-refractivity contribution in [2.24, 2.45) is 0 Å². The monoisotopic (exact) mass is 341 g/mol. The molecule has 4 rings (SSSR count). The summed E-state index contributed by atoms with van der Waals surface area (Å²) in [7, 11) is -1.42. The molecule has 0 radical (unpaired) electrons. The van der Waals surface area contributed by atoms with Crippen LogP contribution in [0.4, 0.5) is 5.88 Å². The Balaban J connectivity index is 1.39. The first-order valence-corrected chi connectivity index (χ1v) is 8.80. The predicted molar refractivity (Wildman–Crippen MR) is 89.2 cm³/mol. The van der Waals surface area contributed by atoms with Crippen LogP contribution in [0.5, 0.6) is 11.5 Å². The van der Waals surface area contributed by atoms with Gasteiger partial charge in [0.15, 0.2) is 22.8 Å². The van der Waals surface area contributed by atoms with E-state index in [2.05, 4.69) is 29.4 Å². The predicted octanol–water partition coefficient (Wildman–Crippen LogP) is 4.47. The molecule has 1 atom stereocenters. The lowest BCUT2D eigenvalue weighted by Gasteiger charge is -2.20. The van der Waals surface area contributed by atoms with Crippen molar-refractivity contribution in [1.29, 1.82) is 0 Å². The SMILES string of the molecule is CC(Cc1ccccc1)[n+]1cc([N-]P2Oc3ccccc3O2)on1. The topological polar surface area (TPSA) is 62.5 Å². The fourth-order valence-electron chi connectivity index (χ4n) is 2.46. The number of benzene rings is 2. The Hall–Kier alpha value is -2.59. The van der Waals surface area contributed by atoms with E-state index in [-0.39, 0.29) is 6.04 Å². The molecule has 1 unspecified atom stereocenters. The summed E-state index contributed by atoms with van der Waals surface area (Å²) in [6.45, 7) is 2.09. The van der Waals surface area contributed by atoms with Crippen molar-refractivity contribution in [2.45, 2.75) is 19.4 Å². The van der Waals surface area contributed by atoms with Gasteiger partial charge in [-0.05, 0) is 17.7 Å². The fourth-order valence-corrected chi connectivity index (χ4v) is 3.47. The normalized spacial score (nSPS) is 14.5. The van der Waals surface area contributed by atoms with E-state index >= 15 is 0 Å². The van der Waals surface area contributed by atoms with Crippen LogP contribution in [0.1, 0.15) is 18.5 Å². The Bertz CT molecular complexity index is 800. The second-order valence-corrected chi connectivity index (χ2v) is 6.57. The first kappa shape index (κ1) is 15.0. The molecular weight excluding hydrogens is 325 g/mol. The quantitative estimate of drug-likeness (QED) is 0.507. The van der Waals surface area contributed by atoms with Crippen molar-refractivity contribution < 1.29 is 18.3 Å². The van der Waals surface area contributed by atoms with Crippen molar-refractivity contribution in [2.75, 3.05) is 0 Å². The Morgan fingerprint density at radius 1 is 1.04 bits per heavy atom. The molecule has 2 heterocycles. The Kier molecular flexibility index (Phi) is 4.05. The van der Waals surface area contributed by atoms with Crippen LogP contribution in [-0.4, -0.2) is 5.27 Å². The van der Waals surface area contributed by atoms with Crippen LogP contribution in [-0.2, 0) is 6.42 Å². The number of para-hydroxylation sites is 2. The molecule has 2 aromatic carbocycles. The third kappa shape index (κ3) is 3.19. The number of hydrogen-bond acceptors (Lipinski definition) is 4. The summed E-state index contributed by atoms with van der Waals surface area (Å²) in [4.78, 5) is 0. The lowest BCUT2D eigenvalue weighted by molar-refractivity contribution is -0.782. The van der Waals surface area contributed by atoms with E-state index in [9.17, 15) is 0 Å². The first-order valence-electron chi connectivity index (χ1n) is 7.67. The third-order valence-corrected chi connectivity index (χ3v) is 4.75. The Labute approximate surface area is 141 Å². The minimum Gasteiger partial charge on any atom is -0.554 e. The van der Waals surface area contributed by atoms with Crippen LogP contribution in [0.15, 0.2) is 65.3 Å². The minimum absolute atomic E-state index is 0.162. The van der Waals surface area contributed by atoms with Gasteiger partial charge in [-0.15, -0.1) is 0 Å². The number of hydrogen-bond donors (Lipinski definition) is 0. The van der Waals surface area contributed by atoms with Gasteiger partial charge in [0.25, 0.3) is 0 Å². The van der Waals surface area contributed by atoms with Crippen LogP contribution in [0.25, 0.3) is 5.09 Å². The molecule has 6 nitrogen and oxygen atoms in total. The fraction of sp³-hybridized carbons (Fsp3) is 0.176. The largest absolute Gasteiger partial charge is 0.554 e. The highest BCUT2D eigenvalue weighted by Crippen LogP contribution is 2.58. The van der Waals surface area contributed by atoms with Crippen LogP contribution in [0, 0.1) is 0 Å². The number of fused-ring (bicyclic) bond motifs is 1. The molecular formula is C17H16N3O3P. The summed E-state index contributed by atoms with van der Waals surface area (Å²) >= 11 is 0. The van der Waals surface area contributed by atoms with Crippen LogP contribution in [0.2, 0.25) is 0 Å². The zero-order chi connectivity index (χ0) is 16.4. The zero-order valence-corrected chi connectivity index (χ0v) is 14.0. The maximum absolute atomic E-state index is 5.66. The number of nitrogens with zero attached hydrogens (tertiary/aromatic N) is 3. The third-order valence-electron chi connectivity index (χ3n) is 3.68. The van der Waals surface area contributed by atoms with Gasteiger partial charge in [0.1, 0.15) is 5.88 Å². The van der Waals surface area contributed by atoms with Gasteiger partial charge >= 0.3 is 0 Å². The Morgan fingerprint density at radius 3 is 2.42 bits per heavy atom. The van der Waals surface area contributed by atoms with E-state index in [0.717, 1.165) is 6.42 Å². The lowest BCUT2D eigenvalue weighted by Crippen LogP contribution is -2.39. The molecule has 0 spiro atoms. The van der Waals surface area contributed by atoms with Gasteiger partial charge in [-0.1, -0.05) is 47.1 Å². The zero-order valence-electron chi connectivity index (χ0n) is 13.1. The molecule has 3 aromatic rings. The van der Waals surface area contributed by atoms with E-state index in [4.69, 9.17) is 13.6 Å². The highest BCUT2D eigenvalue weighted by atomic mass is 31.2. The maximum atomic E-state index is 5.66. The van der Waals surface area contributed by atoms with Gasteiger partial charge in [-0.3, -0.25) is 0 Å². The summed E-state index contributed by atoms with van der Waals surface area (Å²) in [5, 5.41) is 8.40. The number of rotatable bonds is 5. The van der Waals surface area contributed by atoms with E-state index in [1.807, 2.05) is 42.5 Å². The molecule has 24 heavy (non-hydrogen) atoms. The smallest absolute Gasteiger partial charge is 0.223 e. The molecule has 0 fully saturated rings. The van der Waals surface area contributed by atoms with Crippen molar-refractivity contribution in [3.05, 3.63) is 71.4 Å². The molecule has 0 saturated heterocycles. The second kappa shape index (κ2) is 6.49. The van der Waals surface area contributed by atoms with Gasteiger partial charge in [0.05, 0.1) is 0 Å². The average Bonchev–Trinajstić information content (AvgIpc) is 3.22. The average molecular weight is 341 g/mol. The van der Waals surface area contributed by atoms with Crippen molar-refractivity contribution in [3.63, 3.8) is 0 Å². The Morgan fingerprint density at radius 2 is 1.71 bits per heavy atom. The molecule has 7 heteroatoms. The summed E-state index contributed by atoms with van der Waals surface area (Å²) in [5.41, 5.74) is 1.25. The highest BCUT2D eigenvalue weighted by Gasteiger charge is 2.21. The standard InChI is InChI=1S/C17H16N3O3P/c1-13(11-14-7-3-2-4-8-14)20-12-17(21-19-20)18-24-22-15-9-5-6-10-16(15)23-24/h2-10,12-13H,11H2,1H3. The molecule has 0 bridgehead atoms. The first-order chi connectivity index (χ1) is 11.8. The molecule has 1 aliphatic heterocycles. The van der Waals surface area contributed by atoms with Gasteiger partial charge in [0, 0.05) is 13.3 Å². The van der Waals surface area contributed by atoms with Crippen LogP contribution in [0.3, 0.4) is 0 Å². The van der Waals surface area contributed by atoms with E-state index in [1.165, 1.54) is 5.56 Å². The molecule has 0 amide bonds.